The number of rotatable bonds is 5. The molecule has 1 atom stereocenters. The molecule has 1 fully saturated rings. The summed E-state index contributed by atoms with van der Waals surface area (Å²) in [6, 6.07) is 0. The molecule has 0 aliphatic carbocycles. The predicted molar refractivity (Wildman–Crippen MR) is 59.8 cm³/mol. The third-order valence-electron chi connectivity index (χ3n) is 2.20. The van der Waals surface area contributed by atoms with Crippen LogP contribution in [0.2, 0.25) is 0 Å². The first kappa shape index (κ1) is 12.9. The van der Waals surface area contributed by atoms with Crippen molar-refractivity contribution < 1.29 is 14.2 Å². The summed E-state index contributed by atoms with van der Waals surface area (Å²) in [6.45, 7) is 9.42. The number of ether oxygens (including phenoxy) is 3. The van der Waals surface area contributed by atoms with Crippen LogP contribution in [0, 0.1) is 5.41 Å². The van der Waals surface area contributed by atoms with Gasteiger partial charge in [0.15, 0.2) is 6.29 Å². The van der Waals surface area contributed by atoms with E-state index in [0.29, 0.717) is 13.2 Å². The van der Waals surface area contributed by atoms with Gasteiger partial charge in [0, 0.05) is 6.61 Å². The summed E-state index contributed by atoms with van der Waals surface area (Å²) in [5.41, 5.74) is 0.237. The molecule has 1 aliphatic heterocycles. The lowest BCUT2D eigenvalue weighted by atomic mass is 9.99. The van der Waals surface area contributed by atoms with Crippen molar-refractivity contribution in [1.82, 2.24) is 0 Å². The lowest BCUT2D eigenvalue weighted by molar-refractivity contribution is -0.170. The standard InChI is InChI=1S/C12H24O3/c1-12(2,3)10-13-8-9-15-11-6-4-5-7-14-11/h11H,4-10H2,1-3H3. The van der Waals surface area contributed by atoms with E-state index in [0.717, 1.165) is 19.6 Å². The third-order valence-corrected chi connectivity index (χ3v) is 2.20. The van der Waals surface area contributed by atoms with E-state index in [9.17, 15) is 0 Å². The van der Waals surface area contributed by atoms with Gasteiger partial charge in [0.1, 0.15) is 0 Å². The predicted octanol–water partition coefficient (Wildman–Crippen LogP) is 2.59. The maximum atomic E-state index is 5.55. The van der Waals surface area contributed by atoms with Crippen LogP contribution in [0.3, 0.4) is 0 Å². The molecule has 0 aromatic rings. The molecule has 3 nitrogen and oxygen atoms in total. The maximum Gasteiger partial charge on any atom is 0.157 e. The normalized spacial score (nSPS) is 23.0. The SMILES string of the molecule is CC(C)(C)COCCOC1CCCCO1. The van der Waals surface area contributed by atoms with Crippen molar-refractivity contribution in [2.75, 3.05) is 26.4 Å². The highest BCUT2D eigenvalue weighted by Crippen LogP contribution is 2.14. The zero-order valence-electron chi connectivity index (χ0n) is 10.3. The van der Waals surface area contributed by atoms with E-state index in [4.69, 9.17) is 14.2 Å². The van der Waals surface area contributed by atoms with E-state index in [1.807, 2.05) is 0 Å². The second-order valence-corrected chi connectivity index (χ2v) is 5.28. The van der Waals surface area contributed by atoms with Crippen molar-refractivity contribution in [1.29, 1.82) is 0 Å². The van der Waals surface area contributed by atoms with Gasteiger partial charge in [0.2, 0.25) is 0 Å². The first-order valence-electron chi connectivity index (χ1n) is 5.89. The van der Waals surface area contributed by atoms with E-state index < -0.39 is 0 Å². The highest BCUT2D eigenvalue weighted by Gasteiger charge is 2.14. The van der Waals surface area contributed by atoms with Crippen LogP contribution in [0.4, 0.5) is 0 Å². The molecule has 0 aromatic carbocycles. The molecule has 0 amide bonds. The molecule has 15 heavy (non-hydrogen) atoms. The molecular formula is C12H24O3. The Morgan fingerprint density at radius 2 is 2.00 bits per heavy atom. The zero-order valence-corrected chi connectivity index (χ0v) is 10.3. The first-order chi connectivity index (χ1) is 7.08. The van der Waals surface area contributed by atoms with Crippen LogP contribution in [-0.2, 0) is 14.2 Å². The molecule has 0 aromatic heterocycles. The Bertz CT molecular complexity index is 157. The lowest BCUT2D eigenvalue weighted by Gasteiger charge is -2.23. The highest BCUT2D eigenvalue weighted by atomic mass is 16.7. The summed E-state index contributed by atoms with van der Waals surface area (Å²) >= 11 is 0. The van der Waals surface area contributed by atoms with Gasteiger partial charge in [-0.2, -0.15) is 0 Å². The van der Waals surface area contributed by atoms with Gasteiger partial charge in [0.25, 0.3) is 0 Å². The maximum absolute atomic E-state index is 5.55. The Kier molecular flexibility index (Phi) is 5.58. The average Bonchev–Trinajstić information content (AvgIpc) is 2.17. The highest BCUT2D eigenvalue weighted by molar-refractivity contribution is 4.59. The van der Waals surface area contributed by atoms with Gasteiger partial charge in [-0.25, -0.2) is 0 Å². The Hall–Kier alpha value is -0.120. The molecule has 0 bridgehead atoms. The molecule has 1 aliphatic rings. The van der Waals surface area contributed by atoms with Gasteiger partial charge in [-0.1, -0.05) is 20.8 Å². The zero-order chi connectivity index (χ0) is 11.1. The van der Waals surface area contributed by atoms with E-state index >= 15 is 0 Å². The molecule has 3 heteroatoms. The topological polar surface area (TPSA) is 27.7 Å². The second kappa shape index (κ2) is 6.46. The Morgan fingerprint density at radius 1 is 1.20 bits per heavy atom. The fourth-order valence-corrected chi connectivity index (χ4v) is 1.46. The quantitative estimate of drug-likeness (QED) is 0.661. The van der Waals surface area contributed by atoms with E-state index in [-0.39, 0.29) is 11.7 Å². The molecule has 90 valence electrons. The number of hydrogen-bond acceptors (Lipinski definition) is 3. The Labute approximate surface area is 93.1 Å². The largest absolute Gasteiger partial charge is 0.379 e. The smallest absolute Gasteiger partial charge is 0.157 e. The second-order valence-electron chi connectivity index (χ2n) is 5.28. The molecule has 1 unspecified atom stereocenters. The molecule has 0 spiro atoms. The molecule has 1 heterocycles. The van der Waals surface area contributed by atoms with Gasteiger partial charge >= 0.3 is 0 Å². The van der Waals surface area contributed by atoms with Gasteiger partial charge in [0.05, 0.1) is 19.8 Å². The van der Waals surface area contributed by atoms with E-state index in [2.05, 4.69) is 20.8 Å². The summed E-state index contributed by atoms with van der Waals surface area (Å²) < 4.78 is 16.5. The molecule has 0 saturated carbocycles. The fraction of sp³-hybridized carbons (Fsp3) is 1.00. The lowest BCUT2D eigenvalue weighted by Crippen LogP contribution is -2.24. The Morgan fingerprint density at radius 3 is 2.60 bits per heavy atom. The fourth-order valence-electron chi connectivity index (χ4n) is 1.46. The van der Waals surface area contributed by atoms with Crippen LogP contribution in [0.25, 0.3) is 0 Å². The average molecular weight is 216 g/mol. The van der Waals surface area contributed by atoms with Crippen LogP contribution >= 0.6 is 0 Å². The molecule has 0 N–H and O–H groups in total. The van der Waals surface area contributed by atoms with Gasteiger partial charge in [-0.3, -0.25) is 0 Å². The van der Waals surface area contributed by atoms with Crippen molar-refractivity contribution in [3.8, 4) is 0 Å². The minimum Gasteiger partial charge on any atom is -0.379 e. The van der Waals surface area contributed by atoms with Crippen molar-refractivity contribution in [3.63, 3.8) is 0 Å². The summed E-state index contributed by atoms with van der Waals surface area (Å²) in [5, 5.41) is 0. The monoisotopic (exact) mass is 216 g/mol. The van der Waals surface area contributed by atoms with Crippen molar-refractivity contribution in [3.05, 3.63) is 0 Å². The van der Waals surface area contributed by atoms with Crippen LogP contribution in [0.15, 0.2) is 0 Å². The van der Waals surface area contributed by atoms with Crippen LogP contribution < -0.4 is 0 Å². The summed E-state index contributed by atoms with van der Waals surface area (Å²) in [4.78, 5) is 0. The minimum atomic E-state index is 0.0111. The molecular weight excluding hydrogens is 192 g/mol. The third kappa shape index (κ3) is 6.88. The molecule has 1 rings (SSSR count). The number of hydrogen-bond donors (Lipinski definition) is 0. The van der Waals surface area contributed by atoms with Crippen molar-refractivity contribution in [2.45, 2.75) is 46.3 Å². The van der Waals surface area contributed by atoms with Gasteiger partial charge in [-0.05, 0) is 24.7 Å². The van der Waals surface area contributed by atoms with Gasteiger partial charge < -0.3 is 14.2 Å². The van der Waals surface area contributed by atoms with Crippen LogP contribution in [-0.4, -0.2) is 32.7 Å². The molecule has 0 radical (unpaired) electrons. The first-order valence-corrected chi connectivity index (χ1v) is 5.89. The Balaban J connectivity index is 1.92. The molecule has 1 saturated heterocycles. The van der Waals surface area contributed by atoms with E-state index in [1.165, 1.54) is 12.8 Å². The van der Waals surface area contributed by atoms with E-state index in [1.54, 1.807) is 0 Å². The minimum absolute atomic E-state index is 0.0111. The van der Waals surface area contributed by atoms with Crippen LogP contribution in [0.5, 0.6) is 0 Å². The summed E-state index contributed by atoms with van der Waals surface area (Å²) in [6.07, 6.45) is 3.42. The van der Waals surface area contributed by atoms with Crippen molar-refractivity contribution >= 4 is 0 Å². The van der Waals surface area contributed by atoms with Crippen molar-refractivity contribution in [2.24, 2.45) is 5.41 Å². The summed E-state index contributed by atoms with van der Waals surface area (Å²) in [7, 11) is 0. The summed E-state index contributed by atoms with van der Waals surface area (Å²) in [5.74, 6) is 0. The van der Waals surface area contributed by atoms with Crippen LogP contribution in [0.1, 0.15) is 40.0 Å². The van der Waals surface area contributed by atoms with Gasteiger partial charge in [-0.15, -0.1) is 0 Å².